The maximum atomic E-state index is 9.00. The molecular formula is C13H18N4. The van der Waals surface area contributed by atoms with Crippen LogP contribution < -0.4 is 10.6 Å². The zero-order valence-electron chi connectivity index (χ0n) is 10.1. The second-order valence-electron chi connectivity index (χ2n) is 4.82. The Bertz CT molecular complexity index is 401. The summed E-state index contributed by atoms with van der Waals surface area (Å²) in [7, 11) is 2.09. The fourth-order valence-electron chi connectivity index (χ4n) is 2.41. The zero-order valence-corrected chi connectivity index (χ0v) is 10.1. The van der Waals surface area contributed by atoms with Crippen LogP contribution in [0, 0.1) is 11.3 Å². The van der Waals surface area contributed by atoms with Gasteiger partial charge >= 0.3 is 0 Å². The first-order valence-corrected chi connectivity index (χ1v) is 5.98. The van der Waals surface area contributed by atoms with Crippen molar-refractivity contribution in [2.45, 2.75) is 37.3 Å². The fraction of sp³-hybridized carbons (Fsp3) is 0.538. The van der Waals surface area contributed by atoms with E-state index >= 15 is 0 Å². The number of anilines is 1. The SMILES string of the molecule is CN(c1ccncc1)C1CCC(N)(C#N)CC1. The number of rotatable bonds is 2. The number of nitrogens with two attached hydrogens (primary N) is 1. The van der Waals surface area contributed by atoms with Crippen molar-refractivity contribution >= 4 is 5.69 Å². The highest BCUT2D eigenvalue weighted by molar-refractivity contribution is 5.44. The van der Waals surface area contributed by atoms with Gasteiger partial charge in [0.15, 0.2) is 0 Å². The van der Waals surface area contributed by atoms with E-state index in [2.05, 4.69) is 23.0 Å². The Labute approximate surface area is 102 Å². The van der Waals surface area contributed by atoms with E-state index in [0.29, 0.717) is 6.04 Å². The molecule has 1 heterocycles. The van der Waals surface area contributed by atoms with Crippen LogP contribution in [-0.4, -0.2) is 23.6 Å². The topological polar surface area (TPSA) is 65.9 Å². The monoisotopic (exact) mass is 230 g/mol. The molecule has 1 saturated carbocycles. The maximum absolute atomic E-state index is 9.00. The molecule has 0 aromatic carbocycles. The summed E-state index contributed by atoms with van der Waals surface area (Å²) in [6.45, 7) is 0. The molecule has 4 nitrogen and oxygen atoms in total. The molecular weight excluding hydrogens is 212 g/mol. The third kappa shape index (κ3) is 2.56. The van der Waals surface area contributed by atoms with E-state index in [1.54, 1.807) is 12.4 Å². The second-order valence-corrected chi connectivity index (χ2v) is 4.82. The fourth-order valence-corrected chi connectivity index (χ4v) is 2.41. The van der Waals surface area contributed by atoms with E-state index in [9.17, 15) is 0 Å². The van der Waals surface area contributed by atoms with Crippen LogP contribution in [0.1, 0.15) is 25.7 Å². The molecule has 0 amide bonds. The molecule has 90 valence electrons. The van der Waals surface area contributed by atoms with Gasteiger partial charge in [-0.15, -0.1) is 0 Å². The third-order valence-electron chi connectivity index (χ3n) is 3.69. The minimum Gasteiger partial charge on any atom is -0.372 e. The Morgan fingerprint density at radius 3 is 2.53 bits per heavy atom. The van der Waals surface area contributed by atoms with Crippen molar-refractivity contribution in [3.8, 4) is 6.07 Å². The first-order valence-electron chi connectivity index (χ1n) is 5.98. The lowest BCUT2D eigenvalue weighted by Gasteiger charge is -2.37. The number of hydrogen-bond acceptors (Lipinski definition) is 4. The second kappa shape index (κ2) is 4.72. The van der Waals surface area contributed by atoms with Crippen molar-refractivity contribution in [1.82, 2.24) is 4.98 Å². The Balaban J connectivity index is 2.00. The van der Waals surface area contributed by atoms with Gasteiger partial charge in [-0.05, 0) is 37.8 Å². The van der Waals surface area contributed by atoms with Crippen molar-refractivity contribution in [3.63, 3.8) is 0 Å². The number of nitrogens with zero attached hydrogens (tertiary/aromatic N) is 3. The van der Waals surface area contributed by atoms with E-state index in [4.69, 9.17) is 11.0 Å². The first kappa shape index (κ1) is 11.9. The van der Waals surface area contributed by atoms with Crippen LogP contribution in [-0.2, 0) is 0 Å². The minimum absolute atomic E-state index is 0.474. The first-order chi connectivity index (χ1) is 8.14. The minimum atomic E-state index is -0.602. The van der Waals surface area contributed by atoms with E-state index < -0.39 is 5.54 Å². The molecule has 17 heavy (non-hydrogen) atoms. The standard InChI is InChI=1S/C13H18N4/c1-17(12-4-8-16-9-5-12)11-2-6-13(15,10-14)7-3-11/h4-5,8-9,11H,2-3,6-7,15H2,1H3. The molecule has 0 atom stereocenters. The molecule has 0 spiro atoms. The normalized spacial score (nSPS) is 28.4. The molecule has 1 aliphatic rings. The van der Waals surface area contributed by atoms with E-state index in [-0.39, 0.29) is 0 Å². The largest absolute Gasteiger partial charge is 0.372 e. The molecule has 0 radical (unpaired) electrons. The van der Waals surface area contributed by atoms with Gasteiger partial charge in [0, 0.05) is 31.2 Å². The van der Waals surface area contributed by atoms with Gasteiger partial charge in [-0.3, -0.25) is 4.98 Å². The van der Waals surface area contributed by atoms with Crippen LogP contribution in [0.15, 0.2) is 24.5 Å². The number of pyridine rings is 1. The summed E-state index contributed by atoms with van der Waals surface area (Å²) >= 11 is 0. The zero-order chi connectivity index (χ0) is 12.3. The highest BCUT2D eigenvalue weighted by Gasteiger charge is 2.33. The van der Waals surface area contributed by atoms with Crippen molar-refractivity contribution in [2.75, 3.05) is 11.9 Å². The summed E-state index contributed by atoms with van der Waals surface area (Å²) in [6.07, 6.45) is 7.12. The van der Waals surface area contributed by atoms with Crippen molar-refractivity contribution < 1.29 is 0 Å². The predicted octanol–water partition coefficient (Wildman–Crippen LogP) is 1.68. The molecule has 1 aromatic heterocycles. The molecule has 2 rings (SSSR count). The number of nitriles is 1. The van der Waals surface area contributed by atoms with Crippen LogP contribution in [0.25, 0.3) is 0 Å². The van der Waals surface area contributed by atoms with Crippen molar-refractivity contribution in [1.29, 1.82) is 5.26 Å². The van der Waals surface area contributed by atoms with E-state index in [1.807, 2.05) is 12.1 Å². The molecule has 0 bridgehead atoms. The van der Waals surface area contributed by atoms with Gasteiger partial charge in [-0.2, -0.15) is 5.26 Å². The molecule has 1 fully saturated rings. The summed E-state index contributed by atoms with van der Waals surface area (Å²) in [4.78, 5) is 6.28. The molecule has 0 saturated heterocycles. The third-order valence-corrected chi connectivity index (χ3v) is 3.69. The smallest absolute Gasteiger partial charge is 0.104 e. The molecule has 4 heteroatoms. The van der Waals surface area contributed by atoms with Gasteiger partial charge in [0.05, 0.1) is 6.07 Å². The summed E-state index contributed by atoms with van der Waals surface area (Å²) in [6, 6.07) is 6.72. The van der Waals surface area contributed by atoms with Crippen molar-refractivity contribution in [3.05, 3.63) is 24.5 Å². The Morgan fingerprint density at radius 1 is 1.41 bits per heavy atom. The molecule has 1 aromatic rings. The van der Waals surface area contributed by atoms with Gasteiger partial charge < -0.3 is 10.6 Å². The lowest BCUT2D eigenvalue weighted by Crippen LogP contribution is -2.46. The van der Waals surface area contributed by atoms with Gasteiger partial charge in [0.25, 0.3) is 0 Å². The van der Waals surface area contributed by atoms with Crippen LogP contribution in [0.4, 0.5) is 5.69 Å². The maximum Gasteiger partial charge on any atom is 0.104 e. The number of hydrogen-bond donors (Lipinski definition) is 1. The van der Waals surface area contributed by atoms with Gasteiger partial charge in [0.1, 0.15) is 5.54 Å². The van der Waals surface area contributed by atoms with Crippen LogP contribution >= 0.6 is 0 Å². The van der Waals surface area contributed by atoms with Gasteiger partial charge in [0.2, 0.25) is 0 Å². The molecule has 0 unspecified atom stereocenters. The molecule has 2 N–H and O–H groups in total. The highest BCUT2D eigenvalue weighted by atomic mass is 15.1. The van der Waals surface area contributed by atoms with Crippen LogP contribution in [0.5, 0.6) is 0 Å². The van der Waals surface area contributed by atoms with E-state index in [0.717, 1.165) is 25.7 Å². The average molecular weight is 230 g/mol. The number of aromatic nitrogens is 1. The Kier molecular flexibility index (Phi) is 3.30. The lowest BCUT2D eigenvalue weighted by atomic mass is 9.81. The Morgan fingerprint density at radius 2 is 2.00 bits per heavy atom. The van der Waals surface area contributed by atoms with Crippen molar-refractivity contribution in [2.24, 2.45) is 5.73 Å². The predicted molar refractivity (Wildman–Crippen MR) is 67.4 cm³/mol. The quantitative estimate of drug-likeness (QED) is 0.839. The average Bonchev–Trinajstić information content (AvgIpc) is 2.40. The van der Waals surface area contributed by atoms with Crippen LogP contribution in [0.2, 0.25) is 0 Å². The van der Waals surface area contributed by atoms with Gasteiger partial charge in [-0.25, -0.2) is 0 Å². The summed E-state index contributed by atoms with van der Waals surface area (Å²) in [5.41, 5.74) is 6.54. The van der Waals surface area contributed by atoms with E-state index in [1.165, 1.54) is 5.69 Å². The molecule has 1 aliphatic carbocycles. The lowest BCUT2D eigenvalue weighted by molar-refractivity contribution is 0.327. The summed E-state index contributed by atoms with van der Waals surface area (Å²) in [5, 5.41) is 9.00. The van der Waals surface area contributed by atoms with Gasteiger partial charge in [-0.1, -0.05) is 0 Å². The Hall–Kier alpha value is -1.60. The summed E-state index contributed by atoms with van der Waals surface area (Å²) in [5.74, 6) is 0. The summed E-state index contributed by atoms with van der Waals surface area (Å²) < 4.78 is 0. The molecule has 0 aliphatic heterocycles. The highest BCUT2D eigenvalue weighted by Crippen LogP contribution is 2.30. The van der Waals surface area contributed by atoms with Crippen LogP contribution in [0.3, 0.4) is 0 Å².